The maximum absolute atomic E-state index is 12.2. The summed E-state index contributed by atoms with van der Waals surface area (Å²) < 4.78 is 8.19. The molecule has 0 aliphatic carbocycles. The minimum Gasteiger partial charge on any atom is -0.497 e. The molecule has 0 saturated carbocycles. The van der Waals surface area contributed by atoms with Crippen LogP contribution < -0.4 is 10.1 Å². The quantitative estimate of drug-likeness (QED) is 0.597. The number of hydrogen-bond acceptors (Lipinski definition) is 5. The number of methoxy groups -OCH3 is 1. The number of thiazole rings is 1. The molecule has 1 aromatic carbocycles. The second-order valence-corrected chi connectivity index (χ2v) is 6.60. The van der Waals surface area contributed by atoms with Gasteiger partial charge >= 0.3 is 0 Å². The number of hydrogen-bond donors (Lipinski definition) is 1. The number of anilines is 1. The molecular weight excluding hydrogens is 336 g/mol. The number of aromatic nitrogens is 3. The van der Waals surface area contributed by atoms with Crippen LogP contribution in [0.25, 0.3) is 15.7 Å². The molecule has 1 N–H and O–H groups in total. The number of pyridine rings is 1. The number of imidazole rings is 1. The monoisotopic (exact) mass is 352 g/mol. The average molecular weight is 352 g/mol. The highest BCUT2D eigenvalue weighted by Crippen LogP contribution is 2.29. The van der Waals surface area contributed by atoms with Crippen LogP contribution >= 0.6 is 11.3 Å². The van der Waals surface area contributed by atoms with Crippen molar-refractivity contribution in [3.05, 3.63) is 54.6 Å². The third kappa shape index (κ3) is 3.18. The van der Waals surface area contributed by atoms with Gasteiger partial charge in [-0.15, -0.1) is 0 Å². The fraction of sp³-hybridized carbons (Fsp3) is 0.167. The molecular formula is C18H16N4O2S. The van der Waals surface area contributed by atoms with Crippen LogP contribution in [0.5, 0.6) is 5.75 Å². The van der Waals surface area contributed by atoms with Crippen LogP contribution in [0.3, 0.4) is 0 Å². The predicted molar refractivity (Wildman–Crippen MR) is 98.3 cm³/mol. The number of benzene rings is 1. The molecule has 0 atom stereocenters. The summed E-state index contributed by atoms with van der Waals surface area (Å²) in [6, 6.07) is 11.6. The first-order valence-corrected chi connectivity index (χ1v) is 8.70. The third-order valence-corrected chi connectivity index (χ3v) is 4.87. The predicted octanol–water partition coefficient (Wildman–Crippen LogP) is 3.52. The molecule has 6 nitrogen and oxygen atoms in total. The summed E-state index contributed by atoms with van der Waals surface area (Å²) in [5.41, 5.74) is 1.87. The van der Waals surface area contributed by atoms with Crippen LogP contribution in [0.4, 0.5) is 5.13 Å². The van der Waals surface area contributed by atoms with Gasteiger partial charge in [-0.2, -0.15) is 0 Å². The van der Waals surface area contributed by atoms with Crippen LogP contribution in [-0.4, -0.2) is 27.4 Å². The van der Waals surface area contributed by atoms with E-state index in [9.17, 15) is 4.79 Å². The van der Waals surface area contributed by atoms with Gasteiger partial charge in [0, 0.05) is 19.0 Å². The lowest BCUT2D eigenvalue weighted by molar-refractivity contribution is -0.116. The molecule has 3 aromatic heterocycles. The Morgan fingerprint density at radius 2 is 2.24 bits per heavy atom. The Balaban J connectivity index is 1.43. The molecule has 7 heteroatoms. The fourth-order valence-electron chi connectivity index (χ4n) is 2.68. The van der Waals surface area contributed by atoms with Gasteiger partial charge in [-0.1, -0.05) is 17.4 Å². The summed E-state index contributed by atoms with van der Waals surface area (Å²) in [7, 11) is 1.63. The molecule has 0 aliphatic heterocycles. The van der Waals surface area contributed by atoms with E-state index in [0.29, 0.717) is 18.0 Å². The summed E-state index contributed by atoms with van der Waals surface area (Å²) in [5.74, 6) is 1.58. The minimum absolute atomic E-state index is 0.0706. The van der Waals surface area contributed by atoms with E-state index in [0.717, 1.165) is 27.3 Å². The van der Waals surface area contributed by atoms with Crippen molar-refractivity contribution in [3.8, 4) is 5.75 Å². The van der Waals surface area contributed by atoms with Gasteiger partial charge in [0.1, 0.15) is 11.6 Å². The number of nitrogens with one attached hydrogen (secondary N) is 1. The molecule has 0 bridgehead atoms. The molecule has 25 heavy (non-hydrogen) atoms. The number of ether oxygens (including phenoxy) is 1. The molecule has 0 unspecified atom stereocenters. The van der Waals surface area contributed by atoms with Gasteiger partial charge in [0.25, 0.3) is 0 Å². The van der Waals surface area contributed by atoms with Crippen LogP contribution in [0.2, 0.25) is 0 Å². The summed E-state index contributed by atoms with van der Waals surface area (Å²) in [6.45, 7) is 0. The highest BCUT2D eigenvalue weighted by Gasteiger charge is 2.10. The summed E-state index contributed by atoms with van der Waals surface area (Å²) in [5, 5.41) is 3.47. The largest absolute Gasteiger partial charge is 0.497 e. The Bertz CT molecular complexity index is 1050. The van der Waals surface area contributed by atoms with Crippen LogP contribution in [0, 0.1) is 0 Å². The van der Waals surface area contributed by atoms with E-state index in [2.05, 4.69) is 15.3 Å². The Morgan fingerprint density at radius 3 is 3.12 bits per heavy atom. The van der Waals surface area contributed by atoms with Crippen molar-refractivity contribution >= 4 is 38.1 Å². The van der Waals surface area contributed by atoms with Crippen molar-refractivity contribution in [2.24, 2.45) is 0 Å². The summed E-state index contributed by atoms with van der Waals surface area (Å²) >= 11 is 1.44. The maximum Gasteiger partial charge on any atom is 0.226 e. The Morgan fingerprint density at radius 1 is 1.32 bits per heavy atom. The van der Waals surface area contributed by atoms with E-state index in [1.54, 1.807) is 7.11 Å². The molecule has 0 spiro atoms. The third-order valence-electron chi connectivity index (χ3n) is 3.93. The van der Waals surface area contributed by atoms with Gasteiger partial charge < -0.3 is 14.5 Å². The molecule has 0 aliphatic rings. The number of carbonyl (C=O) groups is 1. The average Bonchev–Trinajstić information content (AvgIpc) is 3.22. The number of carbonyl (C=O) groups excluding carboxylic acids is 1. The van der Waals surface area contributed by atoms with Gasteiger partial charge in [-0.05, 0) is 30.3 Å². The Hall–Kier alpha value is -2.93. The van der Waals surface area contributed by atoms with Crippen LogP contribution in [0.1, 0.15) is 12.2 Å². The van der Waals surface area contributed by atoms with E-state index < -0.39 is 0 Å². The highest BCUT2D eigenvalue weighted by atomic mass is 32.1. The topological polar surface area (TPSA) is 68.5 Å². The SMILES string of the molecule is COc1ccc2nc(NC(=O)CCc3ncc4ccccn34)sc2c1. The van der Waals surface area contributed by atoms with Crippen molar-refractivity contribution < 1.29 is 9.53 Å². The van der Waals surface area contributed by atoms with Crippen molar-refractivity contribution in [2.75, 3.05) is 12.4 Å². The van der Waals surface area contributed by atoms with Gasteiger partial charge in [-0.3, -0.25) is 4.79 Å². The van der Waals surface area contributed by atoms with Crippen molar-refractivity contribution in [1.82, 2.24) is 14.4 Å². The van der Waals surface area contributed by atoms with Gasteiger partial charge in [0.15, 0.2) is 5.13 Å². The first kappa shape index (κ1) is 15.6. The normalized spacial score (nSPS) is 11.1. The van der Waals surface area contributed by atoms with E-state index in [1.165, 1.54) is 11.3 Å². The zero-order chi connectivity index (χ0) is 17.2. The number of amides is 1. The summed E-state index contributed by atoms with van der Waals surface area (Å²) in [6.07, 6.45) is 4.70. The molecule has 0 fully saturated rings. The Kier molecular flexibility index (Phi) is 4.07. The van der Waals surface area contributed by atoms with Crippen LogP contribution in [0.15, 0.2) is 48.8 Å². The first-order valence-electron chi connectivity index (χ1n) is 7.88. The van der Waals surface area contributed by atoms with Gasteiger partial charge in [0.2, 0.25) is 5.91 Å². The summed E-state index contributed by atoms with van der Waals surface area (Å²) in [4.78, 5) is 21.1. The second-order valence-electron chi connectivity index (χ2n) is 5.57. The lowest BCUT2D eigenvalue weighted by Gasteiger charge is -2.02. The van der Waals surface area contributed by atoms with Crippen molar-refractivity contribution in [3.63, 3.8) is 0 Å². The minimum atomic E-state index is -0.0706. The zero-order valence-electron chi connectivity index (χ0n) is 13.6. The number of nitrogens with zero attached hydrogens (tertiary/aromatic N) is 3. The lowest BCUT2D eigenvalue weighted by Crippen LogP contribution is -2.12. The standard InChI is InChI=1S/C18H16N4O2S/c1-24-13-5-6-14-15(10-13)25-18(20-14)21-17(23)8-7-16-19-11-12-4-2-3-9-22(12)16/h2-6,9-11H,7-8H2,1H3,(H,20,21,23). The first-order chi connectivity index (χ1) is 12.2. The van der Waals surface area contributed by atoms with Crippen LogP contribution in [-0.2, 0) is 11.2 Å². The highest BCUT2D eigenvalue weighted by molar-refractivity contribution is 7.22. The lowest BCUT2D eigenvalue weighted by atomic mass is 10.3. The van der Waals surface area contributed by atoms with Crippen molar-refractivity contribution in [2.45, 2.75) is 12.8 Å². The molecule has 1 amide bonds. The number of aryl methyl sites for hydroxylation is 1. The fourth-order valence-corrected chi connectivity index (χ4v) is 3.59. The van der Waals surface area contributed by atoms with E-state index in [1.807, 2.05) is 53.2 Å². The van der Waals surface area contributed by atoms with E-state index >= 15 is 0 Å². The maximum atomic E-state index is 12.2. The smallest absolute Gasteiger partial charge is 0.226 e. The second kappa shape index (κ2) is 6.52. The van der Waals surface area contributed by atoms with Gasteiger partial charge in [0.05, 0.1) is 29.0 Å². The van der Waals surface area contributed by atoms with Crippen molar-refractivity contribution in [1.29, 1.82) is 0 Å². The van der Waals surface area contributed by atoms with E-state index in [-0.39, 0.29) is 5.91 Å². The molecule has 0 saturated heterocycles. The molecule has 0 radical (unpaired) electrons. The number of rotatable bonds is 5. The molecule has 3 heterocycles. The molecule has 4 rings (SSSR count). The van der Waals surface area contributed by atoms with Gasteiger partial charge in [-0.25, -0.2) is 9.97 Å². The number of fused-ring (bicyclic) bond motifs is 2. The Labute approximate surface area is 148 Å². The van der Waals surface area contributed by atoms with E-state index in [4.69, 9.17) is 4.74 Å². The molecule has 126 valence electrons. The molecule has 4 aromatic rings. The zero-order valence-corrected chi connectivity index (χ0v) is 14.4.